The second-order valence-corrected chi connectivity index (χ2v) is 8.04. The largest absolute Gasteiger partial charge is 0.354 e. The van der Waals surface area contributed by atoms with Crippen molar-refractivity contribution >= 4 is 0 Å². The van der Waals surface area contributed by atoms with E-state index in [9.17, 15) is 9.18 Å². The fraction of sp³-hybridized carbons (Fsp3) is 0.111. The smallest absolute Gasteiger partial charge is 0.278 e. The Labute approximate surface area is 185 Å². The first-order chi connectivity index (χ1) is 15.6. The van der Waals surface area contributed by atoms with Crippen LogP contribution >= 0.6 is 0 Å². The summed E-state index contributed by atoms with van der Waals surface area (Å²) in [5.41, 5.74) is 6.15. The zero-order chi connectivity index (χ0) is 22.1. The summed E-state index contributed by atoms with van der Waals surface area (Å²) in [6.45, 7) is 2.05. The van der Waals surface area contributed by atoms with E-state index in [1.165, 1.54) is 12.1 Å². The summed E-state index contributed by atoms with van der Waals surface area (Å²) >= 11 is 0. The van der Waals surface area contributed by atoms with Gasteiger partial charge in [0.2, 0.25) is 0 Å². The summed E-state index contributed by atoms with van der Waals surface area (Å²) in [5.74, 6) is 0.320. The molecule has 0 saturated heterocycles. The van der Waals surface area contributed by atoms with Crippen molar-refractivity contribution in [2.24, 2.45) is 0 Å². The molecule has 3 aromatic carbocycles. The lowest BCUT2D eigenvalue weighted by Crippen LogP contribution is -2.17. The maximum atomic E-state index is 13.3. The number of nitrogens with one attached hydrogen (secondary N) is 1. The molecule has 2 aliphatic heterocycles. The predicted molar refractivity (Wildman–Crippen MR) is 124 cm³/mol. The highest BCUT2D eigenvalue weighted by atomic mass is 19.1. The van der Waals surface area contributed by atoms with Crippen LogP contribution in [0.25, 0.3) is 17.1 Å². The quantitative estimate of drug-likeness (QED) is 0.417. The van der Waals surface area contributed by atoms with E-state index in [1.807, 2.05) is 49.5 Å². The average Bonchev–Trinajstić information content (AvgIpc) is 3.12. The molecule has 2 heterocycles. The molecule has 3 aromatic rings. The summed E-state index contributed by atoms with van der Waals surface area (Å²) < 4.78 is 14.9. The van der Waals surface area contributed by atoms with Crippen LogP contribution in [-0.2, 0) is 12.8 Å². The lowest BCUT2D eigenvalue weighted by molar-refractivity contribution is 0.627. The van der Waals surface area contributed by atoms with Crippen LogP contribution in [0.2, 0.25) is 0 Å². The maximum Gasteiger partial charge on any atom is 0.278 e. The highest BCUT2D eigenvalue weighted by Gasteiger charge is 2.20. The minimum absolute atomic E-state index is 0.151. The summed E-state index contributed by atoms with van der Waals surface area (Å²) in [7, 11) is 0. The summed E-state index contributed by atoms with van der Waals surface area (Å²) in [6, 6.07) is 24.5. The zero-order valence-electron chi connectivity index (χ0n) is 17.7. The molecular weight excluding hydrogens is 401 g/mol. The molecule has 4 nitrogen and oxygen atoms in total. The van der Waals surface area contributed by atoms with Crippen LogP contribution in [0, 0.1) is 12.7 Å². The monoisotopic (exact) mass is 423 g/mol. The fourth-order valence-electron chi connectivity index (χ4n) is 3.97. The van der Waals surface area contributed by atoms with Crippen LogP contribution in [0.5, 0.6) is 0 Å². The van der Waals surface area contributed by atoms with Gasteiger partial charge >= 0.3 is 0 Å². The van der Waals surface area contributed by atoms with Crippen molar-refractivity contribution in [2.45, 2.75) is 19.8 Å². The Hall–Kier alpha value is -3.99. The van der Waals surface area contributed by atoms with Crippen molar-refractivity contribution in [3.63, 3.8) is 0 Å². The second-order valence-electron chi connectivity index (χ2n) is 8.04. The van der Waals surface area contributed by atoms with Gasteiger partial charge in [0, 0.05) is 19.0 Å². The topological polar surface area (TPSA) is 50.7 Å². The van der Waals surface area contributed by atoms with E-state index in [0.29, 0.717) is 24.4 Å². The SMILES string of the molecule is Cc1cccc(-c2cn3c(=O)c(Cc4ccc(F)cc4)nc-3c(Cc3ccccc3)[nH]2)c1. The lowest BCUT2D eigenvalue weighted by Gasteiger charge is -2.13. The molecule has 5 rings (SSSR count). The molecule has 0 saturated carbocycles. The number of aromatic amines is 1. The van der Waals surface area contributed by atoms with Crippen LogP contribution in [0.1, 0.15) is 28.1 Å². The number of nitrogens with zero attached hydrogens (tertiary/aromatic N) is 2. The van der Waals surface area contributed by atoms with Gasteiger partial charge < -0.3 is 4.98 Å². The third-order valence-corrected chi connectivity index (χ3v) is 5.59. The van der Waals surface area contributed by atoms with Crippen molar-refractivity contribution < 1.29 is 4.39 Å². The van der Waals surface area contributed by atoms with E-state index >= 15 is 0 Å². The van der Waals surface area contributed by atoms with Gasteiger partial charge in [-0.1, -0.05) is 66.2 Å². The first-order valence-corrected chi connectivity index (χ1v) is 10.6. The highest BCUT2D eigenvalue weighted by molar-refractivity contribution is 5.61. The van der Waals surface area contributed by atoms with Crippen molar-refractivity contribution in [1.29, 1.82) is 0 Å². The molecular formula is C27H22FN3O. The lowest BCUT2D eigenvalue weighted by atomic mass is 10.1. The molecule has 2 aliphatic rings. The number of H-pyrrole nitrogens is 1. The average molecular weight is 423 g/mol. The molecule has 0 fully saturated rings. The van der Waals surface area contributed by atoms with E-state index in [2.05, 4.69) is 23.2 Å². The van der Waals surface area contributed by atoms with Crippen LogP contribution in [0.4, 0.5) is 4.39 Å². The Kier molecular flexibility index (Phi) is 5.15. The van der Waals surface area contributed by atoms with Crippen LogP contribution in [0.3, 0.4) is 0 Å². The van der Waals surface area contributed by atoms with Gasteiger partial charge in [-0.2, -0.15) is 0 Å². The van der Waals surface area contributed by atoms with Gasteiger partial charge in [0.1, 0.15) is 11.5 Å². The van der Waals surface area contributed by atoms with Crippen LogP contribution in [-0.4, -0.2) is 14.5 Å². The summed E-state index contributed by atoms with van der Waals surface area (Å²) in [4.78, 5) is 21.5. The number of hydrogen-bond donors (Lipinski definition) is 1. The van der Waals surface area contributed by atoms with Crippen LogP contribution < -0.4 is 5.56 Å². The van der Waals surface area contributed by atoms with E-state index in [-0.39, 0.29) is 11.4 Å². The molecule has 0 aliphatic carbocycles. The van der Waals surface area contributed by atoms with Gasteiger partial charge in [-0.3, -0.25) is 9.36 Å². The Morgan fingerprint density at radius 2 is 1.66 bits per heavy atom. The van der Waals surface area contributed by atoms with E-state index in [1.54, 1.807) is 16.7 Å². The highest BCUT2D eigenvalue weighted by Crippen LogP contribution is 2.24. The first-order valence-electron chi connectivity index (χ1n) is 10.6. The molecule has 0 atom stereocenters. The fourth-order valence-corrected chi connectivity index (χ4v) is 3.97. The van der Waals surface area contributed by atoms with E-state index < -0.39 is 0 Å². The van der Waals surface area contributed by atoms with E-state index in [0.717, 1.165) is 33.6 Å². The van der Waals surface area contributed by atoms with Crippen molar-refractivity contribution in [1.82, 2.24) is 14.5 Å². The molecule has 0 aromatic heterocycles. The summed E-state index contributed by atoms with van der Waals surface area (Å²) in [5, 5.41) is 0. The molecule has 1 N–H and O–H groups in total. The molecule has 158 valence electrons. The first kappa shape index (κ1) is 19.9. The third kappa shape index (κ3) is 3.97. The van der Waals surface area contributed by atoms with Gasteiger partial charge in [-0.25, -0.2) is 9.37 Å². The summed E-state index contributed by atoms with van der Waals surface area (Å²) in [6.07, 6.45) is 2.80. The number of aromatic nitrogens is 3. The van der Waals surface area contributed by atoms with Gasteiger partial charge in [-0.15, -0.1) is 0 Å². The number of halogens is 1. The molecule has 0 radical (unpaired) electrons. The van der Waals surface area contributed by atoms with Crippen molar-refractivity contribution in [2.75, 3.05) is 0 Å². The second kappa shape index (κ2) is 8.27. The number of hydrogen-bond acceptors (Lipinski definition) is 2. The van der Waals surface area contributed by atoms with E-state index in [4.69, 9.17) is 4.98 Å². The number of aryl methyl sites for hydroxylation is 1. The minimum atomic E-state index is -0.298. The molecule has 0 bridgehead atoms. The minimum Gasteiger partial charge on any atom is -0.354 e. The van der Waals surface area contributed by atoms with Gasteiger partial charge in [0.25, 0.3) is 5.56 Å². The van der Waals surface area contributed by atoms with Gasteiger partial charge in [-0.05, 0) is 41.8 Å². The Balaban J connectivity index is 1.64. The standard InChI is InChI=1S/C27H22FN3O/c1-18-6-5-9-21(14-18)25-17-31-26(23(29-25)15-19-7-3-2-4-8-19)30-24(27(31)32)16-20-10-12-22(28)13-11-20/h2-14,17,29H,15-16H2,1H3. The zero-order valence-corrected chi connectivity index (χ0v) is 17.7. The molecule has 0 amide bonds. The van der Waals surface area contributed by atoms with Crippen LogP contribution in [0.15, 0.2) is 89.9 Å². The number of fused-ring (bicyclic) bond motifs is 1. The number of rotatable bonds is 5. The maximum absolute atomic E-state index is 13.3. The Morgan fingerprint density at radius 1 is 0.906 bits per heavy atom. The number of benzene rings is 3. The van der Waals surface area contributed by atoms with Crippen molar-refractivity contribution in [3.05, 3.63) is 129 Å². The van der Waals surface area contributed by atoms with Gasteiger partial charge in [0.15, 0.2) is 5.82 Å². The molecule has 0 unspecified atom stereocenters. The Morgan fingerprint density at radius 3 is 2.41 bits per heavy atom. The molecule has 32 heavy (non-hydrogen) atoms. The molecule has 5 heteroatoms. The van der Waals surface area contributed by atoms with Crippen molar-refractivity contribution in [3.8, 4) is 17.1 Å². The number of imidazole rings is 1. The van der Waals surface area contributed by atoms with Gasteiger partial charge in [0.05, 0.1) is 11.4 Å². The normalized spacial score (nSPS) is 11.2. The third-order valence-electron chi connectivity index (χ3n) is 5.59. The molecule has 0 spiro atoms. The Bertz CT molecular complexity index is 1400. The predicted octanol–water partition coefficient (Wildman–Crippen LogP) is 5.29.